The van der Waals surface area contributed by atoms with E-state index < -0.39 is 5.91 Å². The zero-order valence-corrected chi connectivity index (χ0v) is 17.4. The number of carbonyl (C=O) groups is 2. The zero-order chi connectivity index (χ0) is 18.8. The molecule has 1 aromatic heterocycles. The van der Waals surface area contributed by atoms with E-state index in [4.69, 9.17) is 18.0 Å². The Morgan fingerprint density at radius 2 is 2.00 bits per heavy atom. The van der Waals surface area contributed by atoms with Crippen molar-refractivity contribution in [3.8, 4) is 0 Å². The number of halogens is 1. The van der Waals surface area contributed by atoms with Crippen LogP contribution >= 0.6 is 39.5 Å². The number of hydrogen-bond acceptors (Lipinski definition) is 4. The Morgan fingerprint density at radius 1 is 1.27 bits per heavy atom. The molecule has 0 bridgehead atoms. The summed E-state index contributed by atoms with van der Waals surface area (Å²) < 4.78 is 0.853. The van der Waals surface area contributed by atoms with Crippen molar-refractivity contribution in [1.82, 2.24) is 5.32 Å². The Kier molecular flexibility index (Phi) is 5.74. The van der Waals surface area contributed by atoms with E-state index in [9.17, 15) is 9.59 Å². The fraction of sp³-hybridized carbons (Fsp3) is 0.278. The third kappa shape index (κ3) is 3.97. The van der Waals surface area contributed by atoms with Crippen molar-refractivity contribution in [2.75, 3.05) is 5.32 Å². The van der Waals surface area contributed by atoms with E-state index in [0.717, 1.165) is 41.3 Å². The van der Waals surface area contributed by atoms with Crippen molar-refractivity contribution in [1.29, 1.82) is 0 Å². The van der Waals surface area contributed by atoms with Gasteiger partial charge in [-0.05, 0) is 68.1 Å². The Balaban J connectivity index is 1.76. The number of fused-ring (bicyclic) bond motifs is 1. The summed E-state index contributed by atoms with van der Waals surface area (Å²) in [7, 11) is 0. The second-order valence-corrected chi connectivity index (χ2v) is 8.52. The summed E-state index contributed by atoms with van der Waals surface area (Å²) in [5.41, 5.74) is 8.63. The highest BCUT2D eigenvalue weighted by molar-refractivity contribution is 9.10. The first-order valence-electron chi connectivity index (χ1n) is 8.19. The maximum absolute atomic E-state index is 12.4. The van der Waals surface area contributed by atoms with Crippen LogP contribution in [0.5, 0.6) is 0 Å². The second-order valence-electron chi connectivity index (χ2n) is 6.15. The number of anilines is 1. The Labute approximate surface area is 169 Å². The van der Waals surface area contributed by atoms with E-state index in [-0.39, 0.29) is 11.0 Å². The normalized spacial score (nSPS) is 13.0. The summed E-state index contributed by atoms with van der Waals surface area (Å²) in [6.07, 6.45) is 3.95. The van der Waals surface area contributed by atoms with Gasteiger partial charge in [0.15, 0.2) is 5.11 Å². The lowest BCUT2D eigenvalue weighted by Crippen LogP contribution is -2.34. The molecule has 0 saturated carbocycles. The van der Waals surface area contributed by atoms with Gasteiger partial charge in [0.25, 0.3) is 11.8 Å². The third-order valence-corrected chi connectivity index (χ3v) is 6.57. The van der Waals surface area contributed by atoms with Crippen LogP contribution in [0.25, 0.3) is 0 Å². The first-order valence-corrected chi connectivity index (χ1v) is 10.2. The van der Waals surface area contributed by atoms with Crippen molar-refractivity contribution >= 4 is 61.4 Å². The number of thiophene rings is 1. The van der Waals surface area contributed by atoms with Gasteiger partial charge in [-0.3, -0.25) is 14.9 Å². The van der Waals surface area contributed by atoms with Crippen molar-refractivity contribution in [3.63, 3.8) is 0 Å². The van der Waals surface area contributed by atoms with Gasteiger partial charge in [-0.2, -0.15) is 0 Å². The van der Waals surface area contributed by atoms with Crippen LogP contribution in [0.1, 0.15) is 49.6 Å². The summed E-state index contributed by atoms with van der Waals surface area (Å²) in [6.45, 7) is 1.95. The van der Waals surface area contributed by atoms with Crippen LogP contribution in [0, 0.1) is 6.92 Å². The maximum atomic E-state index is 12.4. The fourth-order valence-corrected chi connectivity index (χ4v) is 4.90. The lowest BCUT2D eigenvalue weighted by atomic mass is 9.95. The molecule has 0 spiro atoms. The molecule has 0 aliphatic heterocycles. The quantitative estimate of drug-likeness (QED) is 0.617. The molecule has 0 unspecified atom stereocenters. The fourth-order valence-electron chi connectivity index (χ4n) is 2.96. The topological polar surface area (TPSA) is 84.2 Å². The van der Waals surface area contributed by atoms with Crippen LogP contribution in [-0.4, -0.2) is 16.9 Å². The standard InChI is InChI=1S/C18H18BrN3O2S2/c1-9-6-7-10(8-12(9)19)16(24)21-18(25)22-17-14(15(20)23)11-4-2-3-5-13(11)26-17/h6-8H,2-5H2,1H3,(H2,20,23)(H2,21,22,24,25). The molecule has 0 fully saturated rings. The number of hydrogen-bond donors (Lipinski definition) is 3. The Hall–Kier alpha value is -1.77. The van der Waals surface area contributed by atoms with E-state index in [0.29, 0.717) is 16.1 Å². The van der Waals surface area contributed by atoms with Gasteiger partial charge < -0.3 is 11.1 Å². The van der Waals surface area contributed by atoms with Gasteiger partial charge in [0, 0.05) is 14.9 Å². The second kappa shape index (κ2) is 7.85. The number of rotatable bonds is 3. The third-order valence-electron chi connectivity index (χ3n) is 4.31. The molecule has 0 radical (unpaired) electrons. The van der Waals surface area contributed by atoms with E-state index in [1.807, 2.05) is 13.0 Å². The lowest BCUT2D eigenvalue weighted by Gasteiger charge is -2.12. The van der Waals surface area contributed by atoms with Crippen LogP contribution in [0.2, 0.25) is 0 Å². The molecule has 1 aliphatic carbocycles. The smallest absolute Gasteiger partial charge is 0.257 e. The number of amides is 2. The summed E-state index contributed by atoms with van der Waals surface area (Å²) in [6, 6.07) is 5.33. The molecule has 0 atom stereocenters. The molecule has 26 heavy (non-hydrogen) atoms. The monoisotopic (exact) mass is 451 g/mol. The molecule has 2 amide bonds. The number of primary amides is 1. The number of nitrogens with two attached hydrogens (primary N) is 1. The Bertz CT molecular complexity index is 908. The SMILES string of the molecule is Cc1ccc(C(=O)NC(=S)Nc2sc3c(c2C(N)=O)CCCC3)cc1Br. The summed E-state index contributed by atoms with van der Waals surface area (Å²) in [5, 5.41) is 6.39. The maximum Gasteiger partial charge on any atom is 0.257 e. The average molecular weight is 452 g/mol. The van der Waals surface area contributed by atoms with Crippen LogP contribution in [-0.2, 0) is 12.8 Å². The summed E-state index contributed by atoms with van der Waals surface area (Å²) in [4.78, 5) is 25.4. The molecule has 3 rings (SSSR count). The van der Waals surface area contributed by atoms with E-state index >= 15 is 0 Å². The van der Waals surface area contributed by atoms with Gasteiger partial charge in [0.1, 0.15) is 5.00 Å². The number of thiocarbonyl (C=S) groups is 1. The van der Waals surface area contributed by atoms with Gasteiger partial charge >= 0.3 is 0 Å². The summed E-state index contributed by atoms with van der Waals surface area (Å²) in [5.74, 6) is -0.784. The highest BCUT2D eigenvalue weighted by atomic mass is 79.9. The zero-order valence-electron chi connectivity index (χ0n) is 14.1. The summed E-state index contributed by atoms with van der Waals surface area (Å²) >= 11 is 10.2. The number of benzene rings is 1. The molecular weight excluding hydrogens is 434 g/mol. The van der Waals surface area contributed by atoms with Gasteiger partial charge in [0.05, 0.1) is 5.56 Å². The van der Waals surface area contributed by atoms with Crippen LogP contribution < -0.4 is 16.4 Å². The molecule has 1 heterocycles. The van der Waals surface area contributed by atoms with Crippen LogP contribution in [0.15, 0.2) is 22.7 Å². The molecule has 136 valence electrons. The largest absolute Gasteiger partial charge is 0.365 e. The van der Waals surface area contributed by atoms with Gasteiger partial charge in [0.2, 0.25) is 0 Å². The molecular formula is C18H18BrN3O2S2. The first-order chi connectivity index (χ1) is 12.4. The number of carbonyl (C=O) groups excluding carboxylic acids is 2. The van der Waals surface area contributed by atoms with Crippen molar-refractivity contribution in [2.45, 2.75) is 32.6 Å². The highest BCUT2D eigenvalue weighted by Crippen LogP contribution is 2.37. The minimum atomic E-state index is -0.469. The van der Waals surface area contributed by atoms with Gasteiger partial charge in [-0.1, -0.05) is 22.0 Å². The molecule has 4 N–H and O–H groups in total. The molecule has 1 aromatic carbocycles. The minimum absolute atomic E-state index is 0.146. The van der Waals surface area contributed by atoms with E-state index in [1.165, 1.54) is 16.2 Å². The molecule has 0 saturated heterocycles. The van der Waals surface area contributed by atoms with Crippen molar-refractivity contribution < 1.29 is 9.59 Å². The highest BCUT2D eigenvalue weighted by Gasteiger charge is 2.24. The average Bonchev–Trinajstić information content (AvgIpc) is 2.94. The molecule has 8 heteroatoms. The van der Waals surface area contributed by atoms with Gasteiger partial charge in [-0.25, -0.2) is 0 Å². The van der Waals surface area contributed by atoms with Crippen molar-refractivity contribution in [3.05, 3.63) is 49.8 Å². The number of aryl methyl sites for hydroxylation is 2. The predicted octanol–water partition coefficient (Wildman–Crippen LogP) is 3.92. The predicted molar refractivity (Wildman–Crippen MR) is 112 cm³/mol. The van der Waals surface area contributed by atoms with Crippen LogP contribution in [0.3, 0.4) is 0 Å². The Morgan fingerprint density at radius 3 is 2.69 bits per heavy atom. The number of nitrogens with one attached hydrogen (secondary N) is 2. The molecule has 1 aliphatic rings. The van der Waals surface area contributed by atoms with Crippen molar-refractivity contribution in [2.24, 2.45) is 5.73 Å². The lowest BCUT2D eigenvalue weighted by molar-refractivity contribution is 0.0975. The van der Waals surface area contributed by atoms with Gasteiger partial charge in [-0.15, -0.1) is 11.3 Å². The first kappa shape index (κ1) is 19.0. The van der Waals surface area contributed by atoms with Crippen LogP contribution in [0.4, 0.5) is 5.00 Å². The van der Waals surface area contributed by atoms with E-state index in [2.05, 4.69) is 26.6 Å². The van der Waals surface area contributed by atoms with E-state index in [1.54, 1.807) is 12.1 Å². The molecule has 5 nitrogen and oxygen atoms in total. The molecule has 2 aromatic rings. The minimum Gasteiger partial charge on any atom is -0.365 e.